The minimum absolute atomic E-state index is 0.0523. The standard InChI is InChI=1S/C23H29N5O6/c1-23(2,3)34-22(30)26-17-4-5-18(19(14-17)28(31)32)27-21(29)33-20(15-6-10-24-11-7-15)16-8-12-25-13-9-16/h4-7,10-11,14,16,20,25H,8-9,12-13H2,1-3H3,(H,26,30)(H,27,29). The molecule has 11 heteroatoms. The summed E-state index contributed by atoms with van der Waals surface area (Å²) in [6.45, 7) is 6.74. The van der Waals surface area contributed by atoms with E-state index in [9.17, 15) is 19.7 Å². The number of ether oxygens (including phenoxy) is 2. The topological polar surface area (TPSA) is 145 Å². The van der Waals surface area contributed by atoms with Crippen molar-refractivity contribution in [2.24, 2.45) is 5.92 Å². The fourth-order valence-electron chi connectivity index (χ4n) is 3.68. The molecule has 0 spiro atoms. The summed E-state index contributed by atoms with van der Waals surface area (Å²) in [5.74, 6) is 0.102. The maximum atomic E-state index is 12.8. The number of nitro groups is 1. The third-order valence-corrected chi connectivity index (χ3v) is 5.16. The normalized spacial score (nSPS) is 15.1. The molecule has 1 aliphatic rings. The molecule has 1 atom stereocenters. The van der Waals surface area contributed by atoms with Gasteiger partial charge in [-0.2, -0.15) is 0 Å². The number of benzene rings is 1. The van der Waals surface area contributed by atoms with Crippen LogP contribution in [0, 0.1) is 16.0 Å². The van der Waals surface area contributed by atoms with Gasteiger partial charge in [0.1, 0.15) is 17.4 Å². The lowest BCUT2D eigenvalue weighted by atomic mass is 9.88. The number of nitrogens with one attached hydrogen (secondary N) is 3. The molecule has 0 bridgehead atoms. The number of amides is 2. The van der Waals surface area contributed by atoms with Crippen molar-refractivity contribution in [2.45, 2.75) is 45.3 Å². The van der Waals surface area contributed by atoms with Gasteiger partial charge in [-0.3, -0.25) is 25.7 Å². The monoisotopic (exact) mass is 471 g/mol. The lowest BCUT2D eigenvalue weighted by molar-refractivity contribution is -0.383. The zero-order chi connectivity index (χ0) is 24.7. The van der Waals surface area contributed by atoms with Gasteiger partial charge in [0.2, 0.25) is 0 Å². The highest BCUT2D eigenvalue weighted by molar-refractivity contribution is 5.91. The van der Waals surface area contributed by atoms with Gasteiger partial charge in [0, 0.05) is 24.4 Å². The van der Waals surface area contributed by atoms with Crippen molar-refractivity contribution in [3.8, 4) is 0 Å². The van der Waals surface area contributed by atoms with Crippen LogP contribution in [0.4, 0.5) is 26.7 Å². The first kappa shape index (κ1) is 24.9. The number of nitrogens with zero attached hydrogens (tertiary/aromatic N) is 2. The summed E-state index contributed by atoms with van der Waals surface area (Å²) in [4.78, 5) is 39.7. The van der Waals surface area contributed by atoms with E-state index in [1.54, 1.807) is 45.3 Å². The van der Waals surface area contributed by atoms with Crippen LogP contribution in [0.2, 0.25) is 0 Å². The lowest BCUT2D eigenvalue weighted by Gasteiger charge is -2.30. The maximum absolute atomic E-state index is 12.8. The molecule has 1 aliphatic heterocycles. The van der Waals surface area contributed by atoms with Crippen LogP contribution in [-0.2, 0) is 9.47 Å². The Bertz CT molecular complexity index is 1020. The van der Waals surface area contributed by atoms with E-state index in [0.29, 0.717) is 0 Å². The van der Waals surface area contributed by atoms with E-state index in [2.05, 4.69) is 20.9 Å². The highest BCUT2D eigenvalue weighted by atomic mass is 16.6. The Morgan fingerprint density at radius 2 is 1.79 bits per heavy atom. The molecule has 1 fully saturated rings. The summed E-state index contributed by atoms with van der Waals surface area (Å²) < 4.78 is 10.9. The second-order valence-corrected chi connectivity index (χ2v) is 8.93. The predicted octanol–water partition coefficient (Wildman–Crippen LogP) is 4.63. The van der Waals surface area contributed by atoms with Gasteiger partial charge in [-0.1, -0.05) is 0 Å². The van der Waals surface area contributed by atoms with Gasteiger partial charge in [0.25, 0.3) is 5.69 Å². The first-order chi connectivity index (χ1) is 16.1. The third kappa shape index (κ3) is 7.14. The zero-order valence-corrected chi connectivity index (χ0v) is 19.4. The van der Waals surface area contributed by atoms with E-state index in [1.807, 2.05) is 0 Å². The van der Waals surface area contributed by atoms with E-state index in [-0.39, 0.29) is 17.3 Å². The number of aromatic nitrogens is 1. The summed E-state index contributed by atoms with van der Waals surface area (Å²) >= 11 is 0. The highest BCUT2D eigenvalue weighted by Crippen LogP contribution is 2.33. The van der Waals surface area contributed by atoms with E-state index in [4.69, 9.17) is 9.47 Å². The van der Waals surface area contributed by atoms with E-state index in [0.717, 1.165) is 37.6 Å². The highest BCUT2D eigenvalue weighted by Gasteiger charge is 2.29. The Morgan fingerprint density at radius 1 is 1.12 bits per heavy atom. The number of rotatable bonds is 6. The molecule has 0 aliphatic carbocycles. The molecule has 182 valence electrons. The second kappa shape index (κ2) is 10.9. The van der Waals surface area contributed by atoms with Crippen molar-refractivity contribution in [3.05, 3.63) is 58.4 Å². The molecule has 1 saturated heterocycles. The molecule has 1 aromatic carbocycles. The maximum Gasteiger partial charge on any atom is 0.412 e. The largest absolute Gasteiger partial charge is 0.444 e. The van der Waals surface area contributed by atoms with Crippen molar-refractivity contribution in [1.82, 2.24) is 10.3 Å². The number of anilines is 2. The number of nitro benzene ring substituents is 1. The van der Waals surface area contributed by atoms with Crippen LogP contribution >= 0.6 is 0 Å². The molecule has 0 radical (unpaired) electrons. The van der Waals surface area contributed by atoms with Crippen molar-refractivity contribution < 1.29 is 24.0 Å². The number of carbonyl (C=O) groups is 2. The van der Waals surface area contributed by atoms with Gasteiger partial charge in [-0.25, -0.2) is 9.59 Å². The van der Waals surface area contributed by atoms with Crippen LogP contribution in [-0.4, -0.2) is 40.8 Å². The summed E-state index contributed by atoms with van der Waals surface area (Å²) in [7, 11) is 0. The Hall–Kier alpha value is -3.73. The summed E-state index contributed by atoms with van der Waals surface area (Å²) in [5, 5.41) is 19.8. The zero-order valence-electron chi connectivity index (χ0n) is 19.4. The van der Waals surface area contributed by atoms with Crippen molar-refractivity contribution in [2.75, 3.05) is 23.7 Å². The first-order valence-electron chi connectivity index (χ1n) is 11.0. The second-order valence-electron chi connectivity index (χ2n) is 8.93. The van der Waals surface area contributed by atoms with Gasteiger partial charge >= 0.3 is 12.2 Å². The lowest BCUT2D eigenvalue weighted by Crippen LogP contribution is -2.33. The molecule has 1 unspecified atom stereocenters. The Morgan fingerprint density at radius 3 is 2.41 bits per heavy atom. The van der Waals surface area contributed by atoms with Gasteiger partial charge in [0.15, 0.2) is 0 Å². The van der Waals surface area contributed by atoms with Crippen LogP contribution in [0.5, 0.6) is 0 Å². The van der Waals surface area contributed by atoms with Gasteiger partial charge in [0.05, 0.1) is 10.6 Å². The van der Waals surface area contributed by atoms with Crippen molar-refractivity contribution >= 4 is 29.2 Å². The number of hydrogen-bond acceptors (Lipinski definition) is 8. The number of piperidine rings is 1. The fraction of sp³-hybridized carbons (Fsp3) is 0.435. The van der Waals surface area contributed by atoms with Gasteiger partial charge in [-0.05, 0) is 76.5 Å². The van der Waals surface area contributed by atoms with Crippen LogP contribution in [0.15, 0.2) is 42.7 Å². The molecule has 34 heavy (non-hydrogen) atoms. The Kier molecular flexibility index (Phi) is 8.00. The average molecular weight is 472 g/mol. The third-order valence-electron chi connectivity index (χ3n) is 5.16. The molecule has 3 N–H and O–H groups in total. The summed E-state index contributed by atoms with van der Waals surface area (Å²) in [5.41, 5.74) is -0.204. The SMILES string of the molecule is CC(C)(C)OC(=O)Nc1ccc(NC(=O)OC(c2ccncc2)C2CCNCC2)c([N+](=O)[O-])c1. The Balaban J connectivity index is 1.74. The Labute approximate surface area is 197 Å². The van der Waals surface area contributed by atoms with Crippen molar-refractivity contribution in [3.63, 3.8) is 0 Å². The molecule has 11 nitrogen and oxygen atoms in total. The van der Waals surface area contributed by atoms with Crippen molar-refractivity contribution in [1.29, 1.82) is 0 Å². The molecular formula is C23H29N5O6. The molecule has 1 aromatic heterocycles. The summed E-state index contributed by atoms with van der Waals surface area (Å²) in [6, 6.07) is 7.49. The van der Waals surface area contributed by atoms with Gasteiger partial charge < -0.3 is 14.8 Å². The molecule has 0 saturated carbocycles. The number of pyridine rings is 1. The quantitative estimate of drug-likeness (QED) is 0.409. The summed E-state index contributed by atoms with van der Waals surface area (Å²) in [6.07, 6.45) is 2.84. The van der Waals surface area contributed by atoms with E-state index < -0.39 is 34.5 Å². The molecule has 3 rings (SSSR count). The smallest absolute Gasteiger partial charge is 0.412 e. The molecule has 2 aromatic rings. The predicted molar refractivity (Wildman–Crippen MR) is 126 cm³/mol. The van der Waals surface area contributed by atoms with Gasteiger partial charge in [-0.15, -0.1) is 0 Å². The minimum atomic E-state index is -0.809. The van der Waals surface area contributed by atoms with Crippen LogP contribution in [0.3, 0.4) is 0 Å². The molecule has 2 amide bonds. The first-order valence-corrected chi connectivity index (χ1v) is 11.0. The number of carbonyl (C=O) groups excluding carboxylic acids is 2. The average Bonchev–Trinajstić information content (AvgIpc) is 2.78. The fourth-order valence-corrected chi connectivity index (χ4v) is 3.68. The van der Waals surface area contributed by atoms with Crippen LogP contribution < -0.4 is 16.0 Å². The van der Waals surface area contributed by atoms with E-state index >= 15 is 0 Å². The number of hydrogen-bond donors (Lipinski definition) is 3. The molecular weight excluding hydrogens is 442 g/mol. The minimum Gasteiger partial charge on any atom is -0.444 e. The van der Waals surface area contributed by atoms with Crippen LogP contribution in [0.25, 0.3) is 0 Å². The molecule has 2 heterocycles. The van der Waals surface area contributed by atoms with Crippen LogP contribution in [0.1, 0.15) is 45.3 Å². The van der Waals surface area contributed by atoms with E-state index in [1.165, 1.54) is 12.1 Å².